The number of thiazole rings is 1. The molecule has 120 valence electrons. The molecule has 2 aromatic heterocycles. The fraction of sp³-hybridized carbons (Fsp3) is 0.0625. The van der Waals surface area contributed by atoms with Crippen LogP contribution >= 0.6 is 11.3 Å². The van der Waals surface area contributed by atoms with Crippen molar-refractivity contribution in [1.82, 2.24) is 9.55 Å². The molecule has 24 heavy (non-hydrogen) atoms. The van der Waals surface area contributed by atoms with Crippen molar-refractivity contribution in [2.75, 3.05) is 5.32 Å². The number of nitrogens with one attached hydrogen (secondary N) is 1. The van der Waals surface area contributed by atoms with E-state index in [4.69, 9.17) is 4.42 Å². The maximum absolute atomic E-state index is 13.6. The number of para-hydroxylation sites is 3. The molecule has 4 rings (SSSR count). The lowest BCUT2D eigenvalue weighted by Gasteiger charge is -2.02. The number of carbonyl (C=O) groups excluding carboxylic acids is 1. The number of oxazole rings is 1. The zero-order valence-corrected chi connectivity index (χ0v) is 13.0. The number of hydrogen-bond acceptors (Lipinski definition) is 5. The van der Waals surface area contributed by atoms with Gasteiger partial charge in [-0.3, -0.25) is 9.36 Å². The number of benzene rings is 2. The van der Waals surface area contributed by atoms with Crippen LogP contribution in [0.25, 0.3) is 21.3 Å². The third-order valence-electron chi connectivity index (χ3n) is 3.49. The van der Waals surface area contributed by atoms with E-state index in [-0.39, 0.29) is 17.2 Å². The standard InChI is InChI=1S/C16H10FN3O3S/c17-9-4-3-7-12-14(9)19-15(24-12)18-13(21)8-20-10-5-1-2-6-11(10)23-16(20)22/h1-7H,8H2,(H,18,19,21). The average Bonchev–Trinajstić information content (AvgIpc) is 3.10. The van der Waals surface area contributed by atoms with Gasteiger partial charge in [0.25, 0.3) is 0 Å². The van der Waals surface area contributed by atoms with Crippen LogP contribution in [0, 0.1) is 5.82 Å². The molecule has 1 N–H and O–H groups in total. The molecule has 0 saturated carbocycles. The monoisotopic (exact) mass is 343 g/mol. The molecule has 0 unspecified atom stereocenters. The van der Waals surface area contributed by atoms with Crippen LogP contribution in [-0.2, 0) is 11.3 Å². The molecule has 2 aromatic carbocycles. The summed E-state index contributed by atoms with van der Waals surface area (Å²) in [6.45, 7) is -0.214. The van der Waals surface area contributed by atoms with E-state index in [9.17, 15) is 14.0 Å². The van der Waals surface area contributed by atoms with Crippen LogP contribution in [0.15, 0.2) is 51.7 Å². The molecule has 0 bridgehead atoms. The fourth-order valence-electron chi connectivity index (χ4n) is 2.43. The second-order valence-corrected chi connectivity index (χ2v) is 6.11. The normalized spacial score (nSPS) is 11.2. The molecular formula is C16H10FN3O3S. The first-order valence-corrected chi connectivity index (χ1v) is 7.87. The number of halogens is 1. The van der Waals surface area contributed by atoms with E-state index in [1.54, 1.807) is 36.4 Å². The van der Waals surface area contributed by atoms with Gasteiger partial charge in [0.05, 0.1) is 10.2 Å². The number of fused-ring (bicyclic) bond motifs is 2. The second kappa shape index (κ2) is 5.57. The Kier molecular flexibility index (Phi) is 3.39. The van der Waals surface area contributed by atoms with Crippen LogP contribution in [0.2, 0.25) is 0 Å². The van der Waals surface area contributed by atoms with Gasteiger partial charge in [-0.2, -0.15) is 0 Å². The van der Waals surface area contributed by atoms with Crippen molar-refractivity contribution in [3.05, 3.63) is 58.8 Å². The van der Waals surface area contributed by atoms with E-state index in [2.05, 4.69) is 10.3 Å². The van der Waals surface area contributed by atoms with Gasteiger partial charge in [-0.1, -0.05) is 29.5 Å². The van der Waals surface area contributed by atoms with Gasteiger partial charge in [0.1, 0.15) is 17.9 Å². The number of hydrogen-bond donors (Lipinski definition) is 1. The van der Waals surface area contributed by atoms with E-state index in [1.807, 2.05) is 0 Å². The van der Waals surface area contributed by atoms with E-state index < -0.39 is 17.5 Å². The van der Waals surface area contributed by atoms with Crippen LogP contribution in [0.4, 0.5) is 9.52 Å². The van der Waals surface area contributed by atoms with E-state index in [0.717, 1.165) is 0 Å². The largest absolute Gasteiger partial charge is 0.420 e. The van der Waals surface area contributed by atoms with Gasteiger partial charge in [0.15, 0.2) is 10.7 Å². The van der Waals surface area contributed by atoms with E-state index in [0.29, 0.717) is 15.8 Å². The summed E-state index contributed by atoms with van der Waals surface area (Å²) in [6.07, 6.45) is 0. The van der Waals surface area contributed by atoms with Gasteiger partial charge in [-0.25, -0.2) is 14.2 Å². The highest BCUT2D eigenvalue weighted by Gasteiger charge is 2.14. The van der Waals surface area contributed by atoms with E-state index >= 15 is 0 Å². The third kappa shape index (κ3) is 2.46. The van der Waals surface area contributed by atoms with E-state index in [1.165, 1.54) is 22.0 Å². The Bertz CT molecular complexity index is 1130. The molecular weight excluding hydrogens is 333 g/mol. The quantitative estimate of drug-likeness (QED) is 0.620. The molecule has 1 amide bonds. The maximum Gasteiger partial charge on any atom is 0.420 e. The first kappa shape index (κ1) is 14.6. The minimum atomic E-state index is -0.610. The molecule has 2 heterocycles. The smallest absolute Gasteiger partial charge is 0.408 e. The van der Waals surface area contributed by atoms with Crippen molar-refractivity contribution in [1.29, 1.82) is 0 Å². The molecule has 6 nitrogen and oxygen atoms in total. The predicted octanol–water partition coefficient (Wildman–Crippen LogP) is 2.98. The fourth-order valence-corrected chi connectivity index (χ4v) is 3.33. The first-order valence-electron chi connectivity index (χ1n) is 7.05. The molecule has 0 aliphatic rings. The van der Waals surface area contributed by atoms with Gasteiger partial charge >= 0.3 is 5.76 Å². The van der Waals surface area contributed by atoms with Crippen LogP contribution in [0.1, 0.15) is 0 Å². The molecule has 0 aliphatic heterocycles. The summed E-state index contributed by atoms with van der Waals surface area (Å²) < 4.78 is 20.6. The maximum atomic E-state index is 13.6. The van der Waals surface area contributed by atoms with Crippen LogP contribution in [0.5, 0.6) is 0 Å². The third-order valence-corrected chi connectivity index (χ3v) is 4.43. The molecule has 0 spiro atoms. The average molecular weight is 343 g/mol. The Balaban J connectivity index is 1.60. The van der Waals surface area contributed by atoms with Crippen molar-refractivity contribution in [2.45, 2.75) is 6.54 Å². The van der Waals surface area contributed by atoms with Gasteiger partial charge in [0.2, 0.25) is 5.91 Å². The number of nitrogens with zero attached hydrogens (tertiary/aromatic N) is 2. The lowest BCUT2D eigenvalue weighted by molar-refractivity contribution is -0.116. The van der Waals surface area contributed by atoms with Gasteiger partial charge in [-0.15, -0.1) is 0 Å². The van der Waals surface area contributed by atoms with Gasteiger partial charge in [-0.05, 0) is 24.3 Å². The number of aromatic nitrogens is 2. The highest BCUT2D eigenvalue weighted by atomic mass is 32.1. The topological polar surface area (TPSA) is 77.1 Å². The number of anilines is 1. The zero-order chi connectivity index (χ0) is 16.7. The van der Waals surface area contributed by atoms with Crippen molar-refractivity contribution >= 4 is 43.7 Å². The molecule has 0 aliphatic carbocycles. The summed E-state index contributed by atoms with van der Waals surface area (Å²) in [5.41, 5.74) is 1.16. The SMILES string of the molecule is O=C(Cn1c(=O)oc2ccccc21)Nc1nc2c(F)cccc2s1. The summed E-state index contributed by atoms with van der Waals surface area (Å²) in [7, 11) is 0. The van der Waals surface area contributed by atoms with Crippen LogP contribution in [-0.4, -0.2) is 15.5 Å². The number of carbonyl (C=O) groups is 1. The summed E-state index contributed by atoms with van der Waals surface area (Å²) >= 11 is 1.17. The molecule has 8 heteroatoms. The molecule has 4 aromatic rings. The minimum Gasteiger partial charge on any atom is -0.408 e. The molecule has 0 atom stereocenters. The van der Waals surface area contributed by atoms with Gasteiger partial charge < -0.3 is 9.73 Å². The number of amides is 1. The van der Waals surface area contributed by atoms with Crippen molar-refractivity contribution in [3.8, 4) is 0 Å². The van der Waals surface area contributed by atoms with Crippen molar-refractivity contribution < 1.29 is 13.6 Å². The predicted molar refractivity (Wildman–Crippen MR) is 88.7 cm³/mol. The van der Waals surface area contributed by atoms with Crippen LogP contribution in [0.3, 0.4) is 0 Å². The Morgan fingerprint density at radius 1 is 1.25 bits per heavy atom. The Labute approximate surface area is 138 Å². The highest BCUT2D eigenvalue weighted by molar-refractivity contribution is 7.22. The summed E-state index contributed by atoms with van der Waals surface area (Å²) in [6, 6.07) is 11.5. The second-order valence-electron chi connectivity index (χ2n) is 5.08. The molecule has 0 saturated heterocycles. The Morgan fingerprint density at radius 2 is 2.08 bits per heavy atom. The first-order chi connectivity index (χ1) is 11.6. The van der Waals surface area contributed by atoms with Crippen molar-refractivity contribution in [2.24, 2.45) is 0 Å². The number of rotatable bonds is 3. The highest BCUT2D eigenvalue weighted by Crippen LogP contribution is 2.27. The summed E-state index contributed by atoms with van der Waals surface area (Å²) in [5.74, 6) is -1.49. The molecule has 0 fully saturated rings. The summed E-state index contributed by atoms with van der Waals surface area (Å²) in [4.78, 5) is 28.1. The zero-order valence-electron chi connectivity index (χ0n) is 12.2. The van der Waals surface area contributed by atoms with Crippen LogP contribution < -0.4 is 11.1 Å². The van der Waals surface area contributed by atoms with Gasteiger partial charge in [0, 0.05) is 0 Å². The lowest BCUT2D eigenvalue weighted by Crippen LogP contribution is -2.24. The Morgan fingerprint density at radius 3 is 2.92 bits per heavy atom. The summed E-state index contributed by atoms with van der Waals surface area (Å²) in [5, 5.41) is 2.87. The Hall–Kier alpha value is -3.00. The van der Waals surface area contributed by atoms with Crippen molar-refractivity contribution in [3.63, 3.8) is 0 Å². The lowest BCUT2D eigenvalue weighted by atomic mass is 10.3. The molecule has 0 radical (unpaired) electrons. The minimum absolute atomic E-state index is 0.212.